The molecule has 0 unspecified atom stereocenters. The Kier molecular flexibility index (Phi) is 3.47. The zero-order valence-corrected chi connectivity index (χ0v) is 10.3. The first-order valence-electron chi connectivity index (χ1n) is 5.07. The zero-order chi connectivity index (χ0) is 13.1. The highest BCUT2D eigenvalue weighted by Crippen LogP contribution is 2.23. The number of carboxylic acids is 1. The van der Waals surface area contributed by atoms with Crippen LogP contribution in [0.3, 0.4) is 0 Å². The van der Waals surface area contributed by atoms with Gasteiger partial charge < -0.3 is 9.84 Å². The normalized spacial score (nSPS) is 10.3. The molecule has 94 valence electrons. The van der Waals surface area contributed by atoms with Crippen LogP contribution in [0.4, 0.5) is 0 Å². The van der Waals surface area contributed by atoms with E-state index in [1.165, 1.54) is 0 Å². The quantitative estimate of drug-likeness (QED) is 0.910. The molecule has 2 aromatic rings. The van der Waals surface area contributed by atoms with E-state index >= 15 is 0 Å². The first-order valence-corrected chi connectivity index (χ1v) is 5.44. The molecule has 18 heavy (non-hydrogen) atoms. The summed E-state index contributed by atoms with van der Waals surface area (Å²) in [6.45, 7) is -0.431. The number of ether oxygens (including phenoxy) is 1. The van der Waals surface area contributed by atoms with Gasteiger partial charge >= 0.3 is 5.97 Å². The van der Waals surface area contributed by atoms with Gasteiger partial charge in [-0.1, -0.05) is 11.6 Å². The summed E-state index contributed by atoms with van der Waals surface area (Å²) in [6, 6.07) is 4.98. The van der Waals surface area contributed by atoms with Gasteiger partial charge in [-0.05, 0) is 12.1 Å². The molecule has 0 aliphatic rings. The Morgan fingerprint density at radius 1 is 1.56 bits per heavy atom. The predicted octanol–water partition coefficient (Wildman–Crippen LogP) is 1.60. The summed E-state index contributed by atoms with van der Waals surface area (Å²) in [5.41, 5.74) is 1.33. The minimum Gasteiger partial charge on any atom is -0.479 e. The second-order valence-corrected chi connectivity index (χ2v) is 3.97. The summed E-state index contributed by atoms with van der Waals surface area (Å²) in [7, 11) is 1.71. The van der Waals surface area contributed by atoms with Crippen molar-refractivity contribution < 1.29 is 14.6 Å². The van der Waals surface area contributed by atoms with Crippen LogP contribution in [0, 0.1) is 0 Å². The number of pyridine rings is 1. The van der Waals surface area contributed by atoms with Gasteiger partial charge in [-0.25, -0.2) is 4.79 Å². The Labute approximate surface area is 108 Å². The number of nitrogens with zero attached hydrogens (tertiary/aromatic N) is 3. The zero-order valence-electron chi connectivity index (χ0n) is 9.50. The molecule has 6 nitrogen and oxygen atoms in total. The van der Waals surface area contributed by atoms with E-state index in [9.17, 15) is 4.79 Å². The van der Waals surface area contributed by atoms with Crippen LogP contribution in [0.25, 0.3) is 11.4 Å². The molecule has 2 heterocycles. The number of aliphatic carboxylic acids is 1. The lowest BCUT2D eigenvalue weighted by molar-refractivity contribution is -0.139. The van der Waals surface area contributed by atoms with Crippen molar-refractivity contribution in [3.63, 3.8) is 0 Å². The molecule has 0 saturated carbocycles. The van der Waals surface area contributed by atoms with Gasteiger partial charge in [0.05, 0.1) is 11.4 Å². The number of aryl methyl sites for hydroxylation is 1. The van der Waals surface area contributed by atoms with Gasteiger partial charge in [0, 0.05) is 24.3 Å². The average Bonchev–Trinajstić information content (AvgIpc) is 2.68. The maximum absolute atomic E-state index is 10.4. The molecule has 0 fully saturated rings. The van der Waals surface area contributed by atoms with Crippen LogP contribution in [0.1, 0.15) is 0 Å². The first kappa shape index (κ1) is 12.4. The van der Waals surface area contributed by atoms with Gasteiger partial charge in [-0.2, -0.15) is 0 Å². The Hall–Kier alpha value is -2.08. The van der Waals surface area contributed by atoms with Gasteiger partial charge in [0.15, 0.2) is 6.61 Å². The smallest absolute Gasteiger partial charge is 0.341 e. The third kappa shape index (κ3) is 2.78. The van der Waals surface area contributed by atoms with Crippen molar-refractivity contribution in [1.82, 2.24) is 14.8 Å². The van der Waals surface area contributed by atoms with Gasteiger partial charge in [0.2, 0.25) is 5.88 Å². The fourth-order valence-corrected chi connectivity index (χ4v) is 1.59. The van der Waals surface area contributed by atoms with E-state index in [-0.39, 0.29) is 5.88 Å². The molecule has 0 aliphatic carbocycles. The molecule has 0 spiro atoms. The molecular weight excluding hydrogens is 258 g/mol. The number of carbonyl (C=O) groups is 1. The van der Waals surface area contributed by atoms with Crippen LogP contribution >= 0.6 is 11.6 Å². The number of aromatic nitrogens is 3. The molecule has 0 amide bonds. The maximum atomic E-state index is 10.4. The van der Waals surface area contributed by atoms with E-state index in [0.29, 0.717) is 16.4 Å². The van der Waals surface area contributed by atoms with Crippen molar-refractivity contribution in [2.45, 2.75) is 0 Å². The third-order valence-electron chi connectivity index (χ3n) is 2.19. The van der Waals surface area contributed by atoms with E-state index in [1.807, 2.05) is 0 Å². The van der Waals surface area contributed by atoms with Crippen LogP contribution in [0.2, 0.25) is 5.02 Å². The van der Waals surface area contributed by atoms with Crippen molar-refractivity contribution in [2.24, 2.45) is 7.05 Å². The molecule has 0 aromatic carbocycles. The van der Waals surface area contributed by atoms with E-state index in [1.54, 1.807) is 36.1 Å². The van der Waals surface area contributed by atoms with Gasteiger partial charge in [0.25, 0.3) is 0 Å². The standard InChI is InChI=1S/C11H10ClN3O3/c1-15-9(8-4-7(12)2-3-13-8)5-10(14-15)18-6-11(16)17/h2-5H,6H2,1H3,(H,16,17). The summed E-state index contributed by atoms with van der Waals surface area (Å²) < 4.78 is 6.54. The number of carboxylic acid groups (broad SMARTS) is 1. The van der Waals surface area contributed by atoms with E-state index in [0.717, 1.165) is 0 Å². The Morgan fingerprint density at radius 3 is 3.00 bits per heavy atom. The predicted molar refractivity (Wildman–Crippen MR) is 64.6 cm³/mol. The van der Waals surface area contributed by atoms with Crippen LogP contribution < -0.4 is 4.74 Å². The number of hydrogen-bond donors (Lipinski definition) is 1. The van der Waals surface area contributed by atoms with Crippen LogP contribution in [0.5, 0.6) is 5.88 Å². The maximum Gasteiger partial charge on any atom is 0.341 e. The van der Waals surface area contributed by atoms with E-state index in [4.69, 9.17) is 21.4 Å². The molecule has 0 aliphatic heterocycles. The molecule has 0 saturated heterocycles. The Morgan fingerprint density at radius 2 is 2.33 bits per heavy atom. The summed E-state index contributed by atoms with van der Waals surface area (Å²) in [5, 5.41) is 13.1. The highest BCUT2D eigenvalue weighted by molar-refractivity contribution is 6.30. The van der Waals surface area contributed by atoms with E-state index < -0.39 is 12.6 Å². The van der Waals surface area contributed by atoms with Gasteiger partial charge in [0.1, 0.15) is 0 Å². The van der Waals surface area contributed by atoms with Crippen molar-refractivity contribution in [2.75, 3.05) is 6.61 Å². The summed E-state index contributed by atoms with van der Waals surface area (Å²) >= 11 is 5.88. The Balaban J connectivity index is 2.26. The van der Waals surface area contributed by atoms with Crippen LogP contribution in [-0.2, 0) is 11.8 Å². The second-order valence-electron chi connectivity index (χ2n) is 3.53. The fourth-order valence-electron chi connectivity index (χ4n) is 1.43. The van der Waals surface area contributed by atoms with Gasteiger partial charge in [-0.3, -0.25) is 9.67 Å². The molecule has 2 rings (SSSR count). The molecule has 0 radical (unpaired) electrons. The number of halogens is 1. The second kappa shape index (κ2) is 5.05. The van der Waals surface area contributed by atoms with Gasteiger partial charge in [-0.15, -0.1) is 5.10 Å². The molecule has 0 bridgehead atoms. The minimum absolute atomic E-state index is 0.233. The minimum atomic E-state index is -1.05. The molecule has 0 atom stereocenters. The topological polar surface area (TPSA) is 77.2 Å². The van der Waals surface area contributed by atoms with Crippen molar-refractivity contribution in [3.8, 4) is 17.3 Å². The number of hydrogen-bond acceptors (Lipinski definition) is 4. The lowest BCUT2D eigenvalue weighted by Gasteiger charge is -1.99. The fraction of sp³-hybridized carbons (Fsp3) is 0.182. The molecule has 7 heteroatoms. The van der Waals surface area contributed by atoms with Crippen molar-refractivity contribution in [3.05, 3.63) is 29.4 Å². The van der Waals surface area contributed by atoms with Crippen LogP contribution in [-0.4, -0.2) is 32.4 Å². The van der Waals surface area contributed by atoms with Crippen molar-refractivity contribution >= 4 is 17.6 Å². The van der Waals surface area contributed by atoms with E-state index in [2.05, 4.69) is 10.1 Å². The monoisotopic (exact) mass is 267 g/mol. The number of rotatable bonds is 4. The molecular formula is C11H10ClN3O3. The molecule has 2 aromatic heterocycles. The highest BCUT2D eigenvalue weighted by Gasteiger charge is 2.10. The summed E-state index contributed by atoms with van der Waals surface area (Å²) in [6.07, 6.45) is 1.59. The molecule has 1 N–H and O–H groups in total. The Bertz CT molecular complexity index is 583. The highest BCUT2D eigenvalue weighted by atomic mass is 35.5. The first-order chi connectivity index (χ1) is 8.56. The average molecular weight is 268 g/mol. The SMILES string of the molecule is Cn1nc(OCC(=O)O)cc1-c1cc(Cl)ccn1. The lowest BCUT2D eigenvalue weighted by atomic mass is 10.3. The summed E-state index contributed by atoms with van der Waals surface area (Å²) in [5.74, 6) is -0.820. The van der Waals surface area contributed by atoms with Crippen LogP contribution in [0.15, 0.2) is 24.4 Å². The third-order valence-corrected chi connectivity index (χ3v) is 2.42. The summed E-state index contributed by atoms with van der Waals surface area (Å²) in [4.78, 5) is 14.6. The largest absolute Gasteiger partial charge is 0.479 e. The van der Waals surface area contributed by atoms with Crippen molar-refractivity contribution in [1.29, 1.82) is 0 Å². The lowest BCUT2D eigenvalue weighted by Crippen LogP contribution is -2.09.